The molecule has 1 aromatic carbocycles. The van der Waals surface area contributed by atoms with Gasteiger partial charge in [-0.2, -0.15) is 0 Å². The Kier molecular flexibility index (Phi) is 4.11. The molecular formula is C16H12Cl2N2O4. The number of aromatic nitrogens is 2. The molecule has 1 aliphatic rings. The summed E-state index contributed by atoms with van der Waals surface area (Å²) < 4.78 is 7.77. The Morgan fingerprint density at radius 3 is 2.58 bits per heavy atom. The van der Waals surface area contributed by atoms with Crippen molar-refractivity contribution in [2.24, 2.45) is 14.1 Å². The van der Waals surface area contributed by atoms with Gasteiger partial charge in [0.05, 0.1) is 16.1 Å². The maximum Gasteiger partial charge on any atom is 0.330 e. The van der Waals surface area contributed by atoms with Gasteiger partial charge in [-0.05, 0) is 18.2 Å². The quantitative estimate of drug-likeness (QED) is 0.724. The van der Waals surface area contributed by atoms with Crippen LogP contribution in [-0.2, 0) is 14.1 Å². The van der Waals surface area contributed by atoms with Gasteiger partial charge in [-0.3, -0.25) is 14.2 Å². The minimum Gasteiger partial charge on any atom is -0.486 e. The number of hydrogen-bond donors (Lipinski definition) is 0. The molecule has 0 N–H and O–H groups in total. The van der Waals surface area contributed by atoms with Crippen LogP contribution < -0.4 is 16.0 Å². The lowest BCUT2D eigenvalue weighted by atomic mass is 9.99. The lowest BCUT2D eigenvalue weighted by Crippen LogP contribution is -2.37. The first-order valence-corrected chi connectivity index (χ1v) is 7.69. The van der Waals surface area contributed by atoms with E-state index in [2.05, 4.69) is 0 Å². The average Bonchev–Trinajstić information content (AvgIpc) is 2.53. The van der Waals surface area contributed by atoms with E-state index in [1.807, 2.05) is 0 Å². The van der Waals surface area contributed by atoms with Gasteiger partial charge in [0.2, 0.25) is 0 Å². The van der Waals surface area contributed by atoms with Crippen LogP contribution in [0.5, 0.6) is 5.75 Å². The average molecular weight is 367 g/mol. The molecule has 0 amide bonds. The molecule has 1 aliphatic heterocycles. The minimum absolute atomic E-state index is 0.0286. The molecule has 6 nitrogen and oxygen atoms in total. The van der Waals surface area contributed by atoms with Crippen molar-refractivity contribution in [3.8, 4) is 5.75 Å². The van der Waals surface area contributed by atoms with Crippen molar-refractivity contribution >= 4 is 35.1 Å². The maximum atomic E-state index is 12.6. The monoisotopic (exact) mass is 366 g/mol. The zero-order valence-corrected chi connectivity index (χ0v) is 14.3. The molecule has 0 atom stereocenters. The van der Waals surface area contributed by atoms with Gasteiger partial charge in [-0.1, -0.05) is 23.2 Å². The van der Waals surface area contributed by atoms with Crippen LogP contribution in [0.15, 0.2) is 33.5 Å². The van der Waals surface area contributed by atoms with Crippen LogP contribution in [0.4, 0.5) is 0 Å². The molecule has 1 aromatic heterocycles. The first-order valence-electron chi connectivity index (χ1n) is 6.93. The van der Waals surface area contributed by atoms with Gasteiger partial charge in [0.25, 0.3) is 5.56 Å². The third-order valence-corrected chi connectivity index (χ3v) is 4.22. The number of nitrogens with zero attached hydrogens (tertiary/aromatic N) is 2. The Hall–Kier alpha value is -2.31. The normalized spacial score (nSPS) is 15.3. The van der Waals surface area contributed by atoms with E-state index in [1.54, 1.807) is 0 Å². The van der Waals surface area contributed by atoms with Crippen molar-refractivity contribution in [3.05, 3.63) is 65.9 Å². The first-order chi connectivity index (χ1) is 11.3. The number of carbonyl (C=O) groups is 1. The fraction of sp³-hybridized carbons (Fsp3) is 0.188. The number of benzene rings is 1. The third-order valence-electron chi connectivity index (χ3n) is 3.72. The molecule has 0 spiro atoms. The number of Topliss-reactive ketones (excluding diaryl/α,β-unsaturated/α-hetero) is 1. The molecule has 124 valence electrons. The van der Waals surface area contributed by atoms with Gasteiger partial charge < -0.3 is 9.30 Å². The van der Waals surface area contributed by atoms with E-state index in [0.29, 0.717) is 5.02 Å². The Morgan fingerprint density at radius 2 is 1.88 bits per heavy atom. The highest BCUT2D eigenvalue weighted by Gasteiger charge is 2.26. The zero-order valence-electron chi connectivity index (χ0n) is 12.8. The summed E-state index contributed by atoms with van der Waals surface area (Å²) in [6.07, 6.45) is 2.80. The molecule has 0 unspecified atom stereocenters. The number of fused-ring (bicyclic) bond motifs is 1. The predicted molar refractivity (Wildman–Crippen MR) is 91.2 cm³/mol. The van der Waals surface area contributed by atoms with E-state index in [-0.39, 0.29) is 39.9 Å². The van der Waals surface area contributed by atoms with Crippen LogP contribution in [0.2, 0.25) is 10.0 Å². The highest BCUT2D eigenvalue weighted by Crippen LogP contribution is 2.36. The van der Waals surface area contributed by atoms with Crippen LogP contribution in [0.1, 0.15) is 15.9 Å². The number of halogens is 2. The Labute approximate surface area is 146 Å². The molecule has 2 aromatic rings. The van der Waals surface area contributed by atoms with Crippen molar-refractivity contribution in [1.29, 1.82) is 0 Å². The second-order valence-electron chi connectivity index (χ2n) is 5.39. The Bertz CT molecular complexity index is 1020. The molecule has 0 saturated heterocycles. The number of hydrogen-bond acceptors (Lipinski definition) is 4. The summed E-state index contributed by atoms with van der Waals surface area (Å²) in [5.41, 5.74) is -0.211. The van der Waals surface area contributed by atoms with Gasteiger partial charge in [-0.15, -0.1) is 0 Å². The van der Waals surface area contributed by atoms with Crippen molar-refractivity contribution < 1.29 is 9.53 Å². The largest absolute Gasteiger partial charge is 0.486 e. The SMILES string of the molecule is Cn1cc(C=C2COc3c(Cl)cc(Cl)cc3C2=O)c(=O)n(C)c1=O. The van der Waals surface area contributed by atoms with Crippen LogP contribution in [0, 0.1) is 0 Å². The third kappa shape index (κ3) is 2.68. The van der Waals surface area contributed by atoms with E-state index in [1.165, 1.54) is 43.1 Å². The number of ketones is 1. The van der Waals surface area contributed by atoms with Gasteiger partial charge in [0, 0.05) is 30.9 Å². The van der Waals surface area contributed by atoms with Crippen LogP contribution in [0.3, 0.4) is 0 Å². The minimum atomic E-state index is -0.492. The zero-order chi connectivity index (χ0) is 17.6. The van der Waals surface area contributed by atoms with Crippen LogP contribution >= 0.6 is 23.2 Å². The van der Waals surface area contributed by atoms with Gasteiger partial charge >= 0.3 is 5.69 Å². The van der Waals surface area contributed by atoms with Crippen LogP contribution in [0.25, 0.3) is 6.08 Å². The molecule has 3 rings (SSSR count). The molecule has 0 saturated carbocycles. The first kappa shape index (κ1) is 16.5. The predicted octanol–water partition coefficient (Wildman–Crippen LogP) is 2.05. The lowest BCUT2D eigenvalue weighted by Gasteiger charge is -2.20. The number of aryl methyl sites for hydroxylation is 1. The second-order valence-corrected chi connectivity index (χ2v) is 6.24. The summed E-state index contributed by atoms with van der Waals surface area (Å²) in [4.78, 5) is 36.5. The van der Waals surface area contributed by atoms with E-state index < -0.39 is 11.2 Å². The molecule has 0 bridgehead atoms. The van der Waals surface area contributed by atoms with E-state index in [4.69, 9.17) is 27.9 Å². The number of ether oxygens (including phenoxy) is 1. The number of carbonyl (C=O) groups excluding carboxylic acids is 1. The van der Waals surface area contributed by atoms with Crippen molar-refractivity contribution in [3.63, 3.8) is 0 Å². The summed E-state index contributed by atoms with van der Waals surface area (Å²) in [7, 11) is 2.90. The van der Waals surface area contributed by atoms with Gasteiger partial charge in [0.1, 0.15) is 12.4 Å². The number of rotatable bonds is 1. The summed E-state index contributed by atoms with van der Waals surface area (Å²) in [5.74, 6) is -0.0480. The summed E-state index contributed by atoms with van der Waals surface area (Å²) in [6, 6.07) is 2.96. The topological polar surface area (TPSA) is 70.3 Å². The highest BCUT2D eigenvalue weighted by atomic mass is 35.5. The standard InChI is InChI=1S/C16H12Cl2N2O4/c1-19-6-8(15(22)20(2)16(19)23)3-9-7-24-14-11(13(9)21)4-10(17)5-12(14)18/h3-6H,7H2,1-2H3. The van der Waals surface area contributed by atoms with Crippen molar-refractivity contribution in [2.75, 3.05) is 6.61 Å². The second kappa shape index (κ2) is 5.96. The fourth-order valence-corrected chi connectivity index (χ4v) is 3.04. The van der Waals surface area contributed by atoms with Gasteiger partial charge in [-0.25, -0.2) is 4.79 Å². The van der Waals surface area contributed by atoms with E-state index in [9.17, 15) is 14.4 Å². The van der Waals surface area contributed by atoms with Crippen LogP contribution in [-0.4, -0.2) is 21.5 Å². The van der Waals surface area contributed by atoms with Gasteiger partial charge in [0.15, 0.2) is 5.78 Å². The van der Waals surface area contributed by atoms with E-state index >= 15 is 0 Å². The molecule has 0 fully saturated rings. The molecule has 0 radical (unpaired) electrons. The maximum absolute atomic E-state index is 12.6. The molecule has 0 aliphatic carbocycles. The highest BCUT2D eigenvalue weighted by molar-refractivity contribution is 6.37. The smallest absolute Gasteiger partial charge is 0.330 e. The van der Waals surface area contributed by atoms with Crippen molar-refractivity contribution in [2.45, 2.75) is 0 Å². The Morgan fingerprint density at radius 1 is 1.17 bits per heavy atom. The Balaban J connectivity index is 2.13. The molecule has 2 heterocycles. The summed E-state index contributed by atoms with van der Waals surface area (Å²) >= 11 is 12.0. The lowest BCUT2D eigenvalue weighted by molar-refractivity contribution is 0.100. The summed E-state index contributed by atoms with van der Waals surface area (Å²) in [5, 5.41) is 0.567. The van der Waals surface area contributed by atoms with E-state index in [0.717, 1.165) is 4.57 Å². The molecular weight excluding hydrogens is 355 g/mol. The molecule has 8 heteroatoms. The van der Waals surface area contributed by atoms with Crippen molar-refractivity contribution in [1.82, 2.24) is 9.13 Å². The summed E-state index contributed by atoms with van der Waals surface area (Å²) in [6.45, 7) is -0.0286. The molecule has 24 heavy (non-hydrogen) atoms. The fourth-order valence-electron chi connectivity index (χ4n) is 2.49.